The van der Waals surface area contributed by atoms with Crippen LogP contribution < -0.4 is 16.4 Å². The van der Waals surface area contributed by atoms with Gasteiger partial charge in [-0.3, -0.25) is 14.4 Å². The van der Waals surface area contributed by atoms with Gasteiger partial charge >= 0.3 is 0 Å². The molecule has 0 radical (unpaired) electrons. The molecule has 3 rings (SSSR count). The second-order valence-electron chi connectivity index (χ2n) is 5.82. The molecule has 0 spiro atoms. The van der Waals surface area contributed by atoms with Crippen LogP contribution in [0.25, 0.3) is 0 Å². The van der Waals surface area contributed by atoms with Gasteiger partial charge in [0.2, 0.25) is 5.82 Å². The molecule has 0 saturated heterocycles. The number of nitrogens with one attached hydrogen (secondary N) is 2. The summed E-state index contributed by atoms with van der Waals surface area (Å²) in [5.41, 5.74) is 0.920. The van der Waals surface area contributed by atoms with Crippen LogP contribution in [-0.4, -0.2) is 28.8 Å². The van der Waals surface area contributed by atoms with Gasteiger partial charge in [-0.15, -0.1) is 0 Å². The third kappa shape index (κ3) is 3.87. The number of nitrogens with zero attached hydrogens (tertiary/aromatic N) is 1. The second kappa shape index (κ2) is 8.15. The molecule has 1 aromatic heterocycles. The maximum Gasteiger partial charge on any atom is 0.289 e. The monoisotopic (exact) mass is 443 g/mol. The Morgan fingerprint density at radius 3 is 2.85 bits per heavy atom. The summed E-state index contributed by atoms with van der Waals surface area (Å²) in [6, 6.07) is 4.06. The lowest BCUT2D eigenvalue weighted by Gasteiger charge is -2.17. The fourth-order valence-corrected chi connectivity index (χ4v) is 3.27. The zero-order valence-electron chi connectivity index (χ0n) is 14.0. The van der Waals surface area contributed by atoms with Crippen LogP contribution in [-0.2, 0) is 17.8 Å². The Morgan fingerprint density at radius 2 is 2.15 bits per heavy atom. The van der Waals surface area contributed by atoms with Crippen LogP contribution in [0.3, 0.4) is 0 Å². The first-order valence-corrected chi connectivity index (χ1v) is 8.93. The molecule has 0 aliphatic carbocycles. The average molecular weight is 444 g/mol. The summed E-state index contributed by atoms with van der Waals surface area (Å²) >= 11 is 3.13. The lowest BCUT2D eigenvalue weighted by atomic mass is 10.1. The van der Waals surface area contributed by atoms with Gasteiger partial charge in [-0.2, -0.15) is 4.39 Å². The molecule has 1 aliphatic heterocycles. The van der Waals surface area contributed by atoms with Gasteiger partial charge in [0.25, 0.3) is 11.5 Å². The van der Waals surface area contributed by atoms with Crippen molar-refractivity contribution in [2.24, 2.45) is 0 Å². The molecule has 0 fully saturated rings. The zero-order valence-corrected chi connectivity index (χ0v) is 15.6. The lowest BCUT2D eigenvalue weighted by Crippen LogP contribution is -2.32. The number of carbonyl (C=O) groups excluding carboxylic acids is 1. The Labute approximate surface area is 161 Å². The van der Waals surface area contributed by atoms with Gasteiger partial charge in [-0.1, -0.05) is 15.9 Å². The van der Waals surface area contributed by atoms with E-state index in [4.69, 9.17) is 9.94 Å². The molecule has 10 heteroatoms. The maximum atomic E-state index is 14.8. The summed E-state index contributed by atoms with van der Waals surface area (Å²) in [6.07, 6.45) is 0.957. The molecule has 7 nitrogen and oxygen atoms in total. The van der Waals surface area contributed by atoms with Crippen LogP contribution in [0, 0.1) is 11.6 Å². The molecule has 0 saturated carbocycles. The first kappa shape index (κ1) is 19.5. The average Bonchev–Trinajstić information content (AvgIpc) is 3.11. The van der Waals surface area contributed by atoms with E-state index in [1.165, 1.54) is 22.8 Å². The van der Waals surface area contributed by atoms with Gasteiger partial charge in [0.15, 0.2) is 0 Å². The molecule has 2 aromatic rings. The van der Waals surface area contributed by atoms with E-state index in [1.54, 1.807) is 0 Å². The summed E-state index contributed by atoms with van der Waals surface area (Å²) in [5, 5.41) is 11.3. The summed E-state index contributed by atoms with van der Waals surface area (Å²) in [7, 11) is 0. The Kier molecular flexibility index (Phi) is 5.88. The quantitative estimate of drug-likeness (QED) is 0.470. The molecular formula is C17H16BrF2N3O4. The molecule has 1 amide bonds. The van der Waals surface area contributed by atoms with Gasteiger partial charge in [0.1, 0.15) is 5.82 Å². The largest absolute Gasteiger partial charge is 0.394 e. The fourth-order valence-electron chi connectivity index (χ4n) is 2.94. The topological polar surface area (TPSA) is 92.6 Å². The van der Waals surface area contributed by atoms with Crippen LogP contribution in [0.5, 0.6) is 0 Å². The number of carbonyl (C=O) groups is 1. The van der Waals surface area contributed by atoms with E-state index in [0.29, 0.717) is 23.0 Å². The molecule has 0 unspecified atom stereocenters. The summed E-state index contributed by atoms with van der Waals surface area (Å²) in [6.45, 7) is -0.195. The number of aliphatic hydroxyl groups excluding tert-OH is 1. The molecule has 2 heterocycles. The number of hydrogen-bond donors (Lipinski definition) is 3. The Balaban J connectivity index is 2.09. The lowest BCUT2D eigenvalue weighted by molar-refractivity contribution is 0.0167. The van der Waals surface area contributed by atoms with Crippen LogP contribution in [0.2, 0.25) is 0 Å². The van der Waals surface area contributed by atoms with Crippen molar-refractivity contribution in [2.75, 3.05) is 18.5 Å². The third-order valence-electron chi connectivity index (χ3n) is 4.09. The smallest absolute Gasteiger partial charge is 0.289 e. The van der Waals surface area contributed by atoms with Crippen molar-refractivity contribution in [3.63, 3.8) is 0 Å². The van der Waals surface area contributed by atoms with Gasteiger partial charge < -0.3 is 15.0 Å². The van der Waals surface area contributed by atoms with Crippen molar-refractivity contribution >= 4 is 33.2 Å². The minimum Gasteiger partial charge on any atom is -0.394 e. The fraction of sp³-hybridized carbons (Fsp3) is 0.294. The minimum atomic E-state index is -1.18. The van der Waals surface area contributed by atoms with Gasteiger partial charge in [-0.25, -0.2) is 9.87 Å². The molecular weight excluding hydrogens is 428 g/mol. The zero-order chi connectivity index (χ0) is 19.6. The van der Waals surface area contributed by atoms with Crippen LogP contribution in [0.15, 0.2) is 27.5 Å². The van der Waals surface area contributed by atoms with Gasteiger partial charge in [-0.05, 0) is 31.0 Å². The summed E-state index contributed by atoms with van der Waals surface area (Å²) in [5.74, 6) is -2.67. The number of anilines is 2. The summed E-state index contributed by atoms with van der Waals surface area (Å²) < 4.78 is 30.6. The normalized spacial score (nSPS) is 12.7. The number of amides is 1. The van der Waals surface area contributed by atoms with Crippen molar-refractivity contribution in [1.29, 1.82) is 0 Å². The van der Waals surface area contributed by atoms with Crippen molar-refractivity contribution in [3.05, 3.63) is 55.9 Å². The standard InChI is InChI=1S/C17H16BrF2N3O4/c18-9-3-4-11(10(19)8-9)21-15-13(16(25)22-27-7-6-24)12-2-1-5-23(12)17(26)14(15)20/h3-4,8,21,24H,1-2,5-7H2,(H,22,25). The van der Waals surface area contributed by atoms with Crippen molar-refractivity contribution < 1.29 is 23.5 Å². The first-order valence-electron chi connectivity index (χ1n) is 8.14. The highest BCUT2D eigenvalue weighted by molar-refractivity contribution is 9.10. The number of hydroxylamine groups is 1. The van der Waals surface area contributed by atoms with E-state index in [0.717, 1.165) is 0 Å². The van der Waals surface area contributed by atoms with E-state index < -0.39 is 28.8 Å². The Hall–Kier alpha value is -2.30. The van der Waals surface area contributed by atoms with E-state index in [1.807, 2.05) is 0 Å². The highest BCUT2D eigenvalue weighted by Crippen LogP contribution is 2.30. The molecule has 3 N–H and O–H groups in total. The Morgan fingerprint density at radius 1 is 1.37 bits per heavy atom. The Bertz CT molecular complexity index is 949. The number of hydrogen-bond acceptors (Lipinski definition) is 5. The van der Waals surface area contributed by atoms with Gasteiger partial charge in [0, 0.05) is 16.7 Å². The third-order valence-corrected chi connectivity index (χ3v) is 4.58. The van der Waals surface area contributed by atoms with Crippen LogP contribution in [0.4, 0.5) is 20.2 Å². The van der Waals surface area contributed by atoms with Crippen molar-refractivity contribution in [2.45, 2.75) is 19.4 Å². The van der Waals surface area contributed by atoms with Crippen molar-refractivity contribution in [3.8, 4) is 0 Å². The molecule has 27 heavy (non-hydrogen) atoms. The van der Waals surface area contributed by atoms with E-state index >= 15 is 0 Å². The number of benzene rings is 1. The van der Waals surface area contributed by atoms with E-state index in [-0.39, 0.29) is 31.0 Å². The number of aromatic nitrogens is 1. The second-order valence-corrected chi connectivity index (χ2v) is 6.74. The molecule has 1 aromatic carbocycles. The first-order chi connectivity index (χ1) is 12.9. The predicted molar refractivity (Wildman–Crippen MR) is 96.9 cm³/mol. The molecule has 1 aliphatic rings. The number of halogens is 3. The van der Waals surface area contributed by atoms with Crippen molar-refractivity contribution in [1.82, 2.24) is 10.0 Å². The number of aliphatic hydroxyl groups is 1. The summed E-state index contributed by atoms with van der Waals surface area (Å²) in [4.78, 5) is 29.7. The molecule has 144 valence electrons. The van der Waals surface area contributed by atoms with E-state index in [2.05, 4.69) is 26.7 Å². The maximum absolute atomic E-state index is 14.8. The van der Waals surface area contributed by atoms with Crippen LogP contribution >= 0.6 is 15.9 Å². The molecule has 0 atom stereocenters. The van der Waals surface area contributed by atoms with Gasteiger partial charge in [0.05, 0.1) is 30.2 Å². The SMILES string of the molecule is O=C(NOCCO)c1c(Nc2ccc(Br)cc2F)c(F)c(=O)n2c1CCC2. The predicted octanol–water partition coefficient (Wildman–Crippen LogP) is 2.23. The van der Waals surface area contributed by atoms with Crippen LogP contribution in [0.1, 0.15) is 22.5 Å². The molecule has 0 bridgehead atoms. The number of fused-ring (bicyclic) bond motifs is 1. The highest BCUT2D eigenvalue weighted by atomic mass is 79.9. The van der Waals surface area contributed by atoms with E-state index in [9.17, 15) is 18.4 Å². The number of rotatable bonds is 6. The highest BCUT2D eigenvalue weighted by Gasteiger charge is 2.29. The number of pyridine rings is 1. The minimum absolute atomic E-state index is 0.0928.